The van der Waals surface area contributed by atoms with E-state index < -0.39 is 35.4 Å². The third kappa shape index (κ3) is 4.01. The van der Waals surface area contributed by atoms with Crippen molar-refractivity contribution in [1.82, 2.24) is 0 Å². The van der Waals surface area contributed by atoms with E-state index in [1.54, 1.807) is 0 Å². The molecule has 140 valence electrons. The lowest BCUT2D eigenvalue weighted by atomic mass is 9.63. The lowest BCUT2D eigenvalue weighted by Gasteiger charge is -2.40. The highest BCUT2D eigenvalue weighted by Gasteiger charge is 2.50. The molecule has 25 heavy (non-hydrogen) atoms. The Morgan fingerprint density at radius 2 is 1.44 bits per heavy atom. The van der Waals surface area contributed by atoms with Gasteiger partial charge in [0.2, 0.25) is 0 Å². The summed E-state index contributed by atoms with van der Waals surface area (Å²) >= 11 is 0. The average Bonchev–Trinajstić information content (AvgIpc) is 2.40. The summed E-state index contributed by atoms with van der Waals surface area (Å²) < 4.78 is 0. The summed E-state index contributed by atoms with van der Waals surface area (Å²) in [6, 6.07) is 0. The van der Waals surface area contributed by atoms with Gasteiger partial charge in [-0.15, -0.1) is 0 Å². The predicted octanol–water partition coefficient (Wildman–Crippen LogP) is 1.73. The number of carbonyl (C=O) groups excluding carboxylic acids is 3. The molecule has 2 atom stereocenters. The van der Waals surface area contributed by atoms with Gasteiger partial charge in [0, 0.05) is 37.2 Å². The summed E-state index contributed by atoms with van der Waals surface area (Å²) in [7, 11) is 0. The number of ketones is 3. The van der Waals surface area contributed by atoms with Crippen molar-refractivity contribution in [3.63, 3.8) is 0 Å². The minimum Gasteiger partial charge on any atom is -0.512 e. The second-order valence-corrected chi connectivity index (χ2v) is 9.01. The molecule has 0 aromatic rings. The summed E-state index contributed by atoms with van der Waals surface area (Å²) in [5, 5.41) is 30.2. The molecule has 0 heterocycles. The van der Waals surface area contributed by atoms with Gasteiger partial charge in [-0.2, -0.15) is 0 Å². The molecule has 2 aliphatic rings. The third-order valence-electron chi connectivity index (χ3n) is 5.19. The lowest BCUT2D eigenvalue weighted by molar-refractivity contribution is -0.144. The Morgan fingerprint density at radius 1 is 0.960 bits per heavy atom. The average molecular weight is 352 g/mol. The molecule has 2 rings (SSSR count). The largest absolute Gasteiger partial charge is 0.512 e. The second-order valence-electron chi connectivity index (χ2n) is 9.01. The van der Waals surface area contributed by atoms with Gasteiger partial charge in [-0.05, 0) is 10.8 Å². The number of rotatable bonds is 4. The van der Waals surface area contributed by atoms with Gasteiger partial charge in [-0.3, -0.25) is 14.4 Å². The van der Waals surface area contributed by atoms with E-state index in [0.717, 1.165) is 0 Å². The second kappa shape index (κ2) is 6.65. The Labute approximate surface area is 147 Å². The Kier molecular flexibility index (Phi) is 5.26. The fraction of sp³-hybridized carbons (Fsp3) is 0.737. The van der Waals surface area contributed by atoms with E-state index in [-0.39, 0.29) is 54.4 Å². The van der Waals surface area contributed by atoms with Crippen LogP contribution in [-0.2, 0) is 14.4 Å². The first-order chi connectivity index (χ1) is 11.4. The molecule has 1 saturated carbocycles. The van der Waals surface area contributed by atoms with E-state index in [1.165, 1.54) is 0 Å². The first-order valence-electron chi connectivity index (χ1n) is 8.68. The summed E-state index contributed by atoms with van der Waals surface area (Å²) in [4.78, 5) is 37.9. The third-order valence-corrected chi connectivity index (χ3v) is 5.19. The van der Waals surface area contributed by atoms with Crippen molar-refractivity contribution in [2.45, 2.75) is 59.5 Å². The van der Waals surface area contributed by atoms with Crippen LogP contribution in [0.3, 0.4) is 0 Å². The van der Waals surface area contributed by atoms with Gasteiger partial charge in [-0.1, -0.05) is 27.7 Å². The number of carbonyl (C=O) groups is 3. The van der Waals surface area contributed by atoms with Crippen LogP contribution in [0.5, 0.6) is 0 Å². The molecule has 0 radical (unpaired) electrons. The van der Waals surface area contributed by atoms with Gasteiger partial charge in [0.15, 0.2) is 5.78 Å². The number of aliphatic hydroxyl groups excluding tert-OH is 3. The van der Waals surface area contributed by atoms with Gasteiger partial charge in [0.25, 0.3) is 0 Å². The van der Waals surface area contributed by atoms with Crippen molar-refractivity contribution in [2.75, 3.05) is 6.61 Å². The zero-order valence-corrected chi connectivity index (χ0v) is 15.3. The van der Waals surface area contributed by atoms with Gasteiger partial charge < -0.3 is 15.3 Å². The van der Waals surface area contributed by atoms with Crippen LogP contribution < -0.4 is 0 Å². The van der Waals surface area contributed by atoms with Crippen LogP contribution in [0, 0.1) is 22.7 Å². The molecule has 0 aromatic carbocycles. The van der Waals surface area contributed by atoms with Crippen molar-refractivity contribution in [1.29, 1.82) is 0 Å². The predicted molar refractivity (Wildman–Crippen MR) is 90.8 cm³/mol. The number of hydrogen-bond donors (Lipinski definition) is 3. The van der Waals surface area contributed by atoms with Gasteiger partial charge in [-0.25, -0.2) is 0 Å². The molecule has 0 unspecified atom stereocenters. The molecule has 1 fully saturated rings. The zero-order chi connectivity index (χ0) is 19.2. The molecule has 0 saturated heterocycles. The monoisotopic (exact) mass is 352 g/mol. The van der Waals surface area contributed by atoms with Gasteiger partial charge in [0.1, 0.15) is 11.6 Å². The summed E-state index contributed by atoms with van der Waals surface area (Å²) in [5.41, 5.74) is -0.955. The van der Waals surface area contributed by atoms with Crippen molar-refractivity contribution < 1.29 is 29.7 Å². The van der Waals surface area contributed by atoms with Crippen LogP contribution in [0.25, 0.3) is 0 Å². The van der Waals surface area contributed by atoms with Crippen molar-refractivity contribution in [2.24, 2.45) is 22.7 Å². The highest BCUT2D eigenvalue weighted by molar-refractivity contribution is 6.08. The van der Waals surface area contributed by atoms with Crippen molar-refractivity contribution >= 4 is 17.3 Å². The normalized spacial score (nSPS) is 26.7. The first kappa shape index (κ1) is 19.8. The highest BCUT2D eigenvalue weighted by atomic mass is 16.3. The molecule has 0 amide bonds. The Hall–Kier alpha value is -1.53. The van der Waals surface area contributed by atoms with E-state index in [2.05, 4.69) is 0 Å². The number of Topliss-reactive ketones (excluding diaryl/α,β-unsaturated/α-hetero) is 3. The van der Waals surface area contributed by atoms with E-state index in [0.29, 0.717) is 0 Å². The fourth-order valence-electron chi connectivity index (χ4n) is 4.18. The number of allylic oxidation sites excluding steroid dienone is 1. The van der Waals surface area contributed by atoms with Crippen molar-refractivity contribution in [3.05, 3.63) is 11.3 Å². The molecule has 0 spiro atoms. The SMILES string of the molecule is CC1(C)CC(=O)C([C@H](C2=C(O)CC(C)(C)CC2=O)[C@@H](O)CO)C(=O)C1. The number of hydrogen-bond acceptors (Lipinski definition) is 6. The maximum absolute atomic E-state index is 12.6. The van der Waals surface area contributed by atoms with Crippen LogP contribution >= 0.6 is 0 Å². The number of aliphatic hydroxyl groups is 3. The van der Waals surface area contributed by atoms with Crippen molar-refractivity contribution in [3.8, 4) is 0 Å². The molecular formula is C19H28O6. The Morgan fingerprint density at radius 3 is 1.88 bits per heavy atom. The Bertz CT molecular complexity index is 608. The minimum absolute atomic E-state index is 0.0627. The van der Waals surface area contributed by atoms with E-state index in [4.69, 9.17) is 0 Å². The lowest BCUT2D eigenvalue weighted by Crippen LogP contribution is -2.48. The minimum atomic E-state index is -1.46. The van der Waals surface area contributed by atoms with Gasteiger partial charge in [0.05, 0.1) is 24.4 Å². The molecule has 0 bridgehead atoms. The van der Waals surface area contributed by atoms with E-state index in [9.17, 15) is 29.7 Å². The first-order valence-corrected chi connectivity index (χ1v) is 8.68. The quantitative estimate of drug-likeness (QED) is 0.664. The maximum atomic E-state index is 12.6. The van der Waals surface area contributed by atoms with E-state index >= 15 is 0 Å². The highest BCUT2D eigenvalue weighted by Crippen LogP contribution is 2.44. The van der Waals surface area contributed by atoms with Gasteiger partial charge >= 0.3 is 0 Å². The van der Waals surface area contributed by atoms with Crippen LogP contribution in [0.15, 0.2) is 11.3 Å². The molecule has 3 N–H and O–H groups in total. The summed E-state index contributed by atoms with van der Waals surface area (Å²) in [5.74, 6) is -3.66. The molecular weight excluding hydrogens is 324 g/mol. The van der Waals surface area contributed by atoms with Crippen LogP contribution in [0.4, 0.5) is 0 Å². The van der Waals surface area contributed by atoms with Crippen LogP contribution in [0.2, 0.25) is 0 Å². The zero-order valence-electron chi connectivity index (χ0n) is 15.3. The molecule has 0 aliphatic heterocycles. The Balaban J connectivity index is 2.49. The fourth-order valence-corrected chi connectivity index (χ4v) is 4.18. The standard InChI is InChI=1S/C19H28O6/c1-18(2)5-10(21)15(11(22)6-18)17(14(25)9-20)16-12(23)7-19(3,4)8-13(16)24/h14-15,17,20,23,25H,5-9H2,1-4H3/t14-,17+/m0/s1. The topological polar surface area (TPSA) is 112 Å². The molecule has 6 nitrogen and oxygen atoms in total. The molecule has 2 aliphatic carbocycles. The summed E-state index contributed by atoms with van der Waals surface area (Å²) in [6.07, 6.45) is -0.760. The molecule has 0 aromatic heterocycles. The van der Waals surface area contributed by atoms with E-state index in [1.807, 2.05) is 27.7 Å². The molecule has 6 heteroatoms. The van der Waals surface area contributed by atoms with Crippen LogP contribution in [-0.4, -0.2) is 45.4 Å². The maximum Gasteiger partial charge on any atom is 0.163 e. The van der Waals surface area contributed by atoms with Crippen LogP contribution in [0.1, 0.15) is 53.4 Å². The summed E-state index contributed by atoms with van der Waals surface area (Å²) in [6.45, 7) is 6.63. The smallest absolute Gasteiger partial charge is 0.163 e.